The van der Waals surface area contributed by atoms with E-state index < -0.39 is 15.6 Å². The number of rotatable bonds is 2. The molecule has 0 unspecified atom stereocenters. The molecule has 0 amide bonds. The highest BCUT2D eigenvalue weighted by Gasteiger charge is 2.29. The van der Waals surface area contributed by atoms with Crippen molar-refractivity contribution in [3.05, 3.63) is 23.5 Å². The second-order valence-electron chi connectivity index (χ2n) is 5.94. The average Bonchev–Trinajstić information content (AvgIpc) is 2.72. The Morgan fingerprint density at radius 1 is 1.14 bits per heavy atom. The number of aromatic nitrogens is 4. The lowest BCUT2D eigenvalue weighted by Gasteiger charge is -2.24. The van der Waals surface area contributed by atoms with Crippen LogP contribution in [-0.4, -0.2) is 28.2 Å². The molecule has 2 rings (SSSR count). The first-order valence-electron chi connectivity index (χ1n) is 6.45. The summed E-state index contributed by atoms with van der Waals surface area (Å²) in [6, 6.07) is 3.71. The number of hydrogen-bond donors (Lipinski definition) is 1. The lowest BCUT2D eigenvalue weighted by Crippen LogP contribution is -2.29. The predicted octanol–water partition coefficient (Wildman–Crippen LogP) is 1.36. The maximum atomic E-state index is 11.7. The minimum Gasteiger partial charge on any atom is -0.291 e. The Kier molecular flexibility index (Phi) is 3.63. The Morgan fingerprint density at radius 2 is 1.76 bits per heavy atom. The first-order chi connectivity index (χ1) is 9.51. The Bertz CT molecular complexity index is 787. The van der Waals surface area contributed by atoms with Gasteiger partial charge in [0.05, 0.1) is 0 Å². The average molecular weight is 309 g/mol. The van der Waals surface area contributed by atoms with Crippen molar-refractivity contribution < 1.29 is 8.42 Å². The van der Waals surface area contributed by atoms with Crippen LogP contribution in [0, 0.1) is 13.8 Å². The zero-order valence-electron chi connectivity index (χ0n) is 12.7. The van der Waals surface area contributed by atoms with Gasteiger partial charge in [-0.3, -0.25) is 9.55 Å². The highest BCUT2D eigenvalue weighted by Crippen LogP contribution is 2.29. The van der Waals surface area contributed by atoms with Crippen LogP contribution in [0.2, 0.25) is 0 Å². The highest BCUT2D eigenvalue weighted by atomic mass is 32.2. The van der Waals surface area contributed by atoms with Gasteiger partial charge in [0.2, 0.25) is 0 Å². The molecule has 2 heterocycles. The summed E-state index contributed by atoms with van der Waals surface area (Å²) >= 11 is 0. The summed E-state index contributed by atoms with van der Waals surface area (Å²) in [6.07, 6.45) is 0. The fourth-order valence-electron chi connectivity index (χ4n) is 2.16. The molecule has 0 saturated carbocycles. The van der Waals surface area contributed by atoms with Crippen LogP contribution < -0.4 is 5.14 Å². The van der Waals surface area contributed by atoms with Crippen molar-refractivity contribution in [3.63, 3.8) is 0 Å². The van der Waals surface area contributed by atoms with E-state index in [1.165, 1.54) is 4.57 Å². The molecule has 0 aliphatic heterocycles. The molecule has 0 radical (unpaired) electrons. The molecule has 0 aliphatic carbocycles. The fraction of sp³-hybridized carbons (Fsp3) is 0.462. The number of nitrogens with two attached hydrogens (primary N) is 1. The van der Waals surface area contributed by atoms with Crippen LogP contribution in [0.1, 0.15) is 32.2 Å². The number of hydrogen-bond acceptors (Lipinski definition) is 5. The molecule has 2 N–H and O–H groups in total. The van der Waals surface area contributed by atoms with Crippen LogP contribution in [0.4, 0.5) is 0 Å². The minimum atomic E-state index is -3.96. The molecule has 0 bridgehead atoms. The van der Waals surface area contributed by atoms with Gasteiger partial charge in [0.15, 0.2) is 5.82 Å². The second-order valence-corrected chi connectivity index (χ2v) is 7.40. The Morgan fingerprint density at radius 3 is 2.24 bits per heavy atom. The summed E-state index contributed by atoms with van der Waals surface area (Å²) in [4.78, 5) is 4.38. The summed E-state index contributed by atoms with van der Waals surface area (Å²) < 4.78 is 25.0. The molecule has 0 fully saturated rings. The summed E-state index contributed by atoms with van der Waals surface area (Å²) in [5, 5.41) is 12.8. The molecule has 0 aliphatic rings. The van der Waals surface area contributed by atoms with Crippen molar-refractivity contribution in [1.82, 2.24) is 19.7 Å². The van der Waals surface area contributed by atoms with Gasteiger partial charge < -0.3 is 0 Å². The largest absolute Gasteiger partial charge is 0.291 e. The van der Waals surface area contributed by atoms with Gasteiger partial charge in [-0.25, -0.2) is 13.6 Å². The lowest BCUT2D eigenvalue weighted by molar-refractivity contribution is 0.366. The maximum absolute atomic E-state index is 11.7. The summed E-state index contributed by atoms with van der Waals surface area (Å²) in [6.45, 7) is 9.34. The third-order valence-corrected chi connectivity index (χ3v) is 3.80. The van der Waals surface area contributed by atoms with Gasteiger partial charge in [0.1, 0.15) is 0 Å². The Labute approximate surface area is 124 Å². The molecule has 21 heavy (non-hydrogen) atoms. The molecule has 0 spiro atoms. The van der Waals surface area contributed by atoms with Crippen LogP contribution in [0.15, 0.2) is 17.3 Å². The number of sulfonamides is 1. The van der Waals surface area contributed by atoms with E-state index in [0.717, 1.165) is 17.0 Å². The summed E-state index contributed by atoms with van der Waals surface area (Å²) in [5.74, 6) is 0.441. The smallest absolute Gasteiger partial charge is 0.273 e. The third-order valence-electron chi connectivity index (χ3n) is 3.02. The molecular weight excluding hydrogens is 290 g/mol. The fourth-order valence-corrected chi connectivity index (χ4v) is 2.93. The molecule has 0 atom stereocenters. The first-order valence-corrected chi connectivity index (χ1v) is 8.00. The van der Waals surface area contributed by atoms with Crippen molar-refractivity contribution in [2.75, 3.05) is 0 Å². The molecule has 0 saturated heterocycles. The van der Waals surface area contributed by atoms with Gasteiger partial charge in [-0.15, -0.1) is 10.2 Å². The van der Waals surface area contributed by atoms with Crippen molar-refractivity contribution in [3.8, 4) is 11.4 Å². The van der Waals surface area contributed by atoms with Crippen molar-refractivity contribution in [2.24, 2.45) is 5.14 Å². The summed E-state index contributed by atoms with van der Waals surface area (Å²) in [7, 11) is -3.96. The van der Waals surface area contributed by atoms with Crippen molar-refractivity contribution >= 4 is 10.0 Å². The zero-order chi connectivity index (χ0) is 16.0. The normalized spacial score (nSPS) is 12.7. The van der Waals surface area contributed by atoms with Gasteiger partial charge in [-0.05, 0) is 46.8 Å². The monoisotopic (exact) mass is 309 g/mol. The van der Waals surface area contributed by atoms with Gasteiger partial charge in [0.25, 0.3) is 15.2 Å². The number of pyridine rings is 1. The number of primary sulfonamides is 1. The number of nitrogens with zero attached hydrogens (tertiary/aromatic N) is 4. The third kappa shape index (κ3) is 2.96. The Hall–Kier alpha value is -1.80. The van der Waals surface area contributed by atoms with Crippen molar-refractivity contribution in [2.45, 2.75) is 45.3 Å². The molecule has 7 nitrogen and oxygen atoms in total. The maximum Gasteiger partial charge on any atom is 0.273 e. The molecule has 8 heteroatoms. The van der Waals surface area contributed by atoms with Crippen LogP contribution in [0.5, 0.6) is 0 Å². The standard InChI is InChI=1S/C13H19N5O2S/c1-8-6-7-10(9(2)15-8)11-16-17-12(21(14,19)20)18(11)13(3,4)5/h6-7H,1-5H3,(H2,14,19,20). The van der Waals surface area contributed by atoms with Crippen LogP contribution in [0.25, 0.3) is 11.4 Å². The molecule has 2 aromatic heterocycles. The molecule has 114 valence electrons. The van der Waals surface area contributed by atoms with Crippen LogP contribution in [-0.2, 0) is 15.6 Å². The summed E-state index contributed by atoms with van der Waals surface area (Å²) in [5.41, 5.74) is 1.83. The molecule has 0 aromatic carbocycles. The van der Waals surface area contributed by atoms with Gasteiger partial charge in [-0.1, -0.05) is 0 Å². The van der Waals surface area contributed by atoms with Crippen LogP contribution >= 0.6 is 0 Å². The van der Waals surface area contributed by atoms with E-state index in [1.54, 1.807) is 0 Å². The Balaban J connectivity index is 2.80. The first kappa shape index (κ1) is 15.6. The second kappa shape index (κ2) is 4.88. The topological polar surface area (TPSA) is 104 Å². The van der Waals surface area contributed by atoms with E-state index in [-0.39, 0.29) is 5.16 Å². The molecule has 2 aromatic rings. The van der Waals surface area contributed by atoms with E-state index in [9.17, 15) is 8.42 Å². The van der Waals surface area contributed by atoms with E-state index in [2.05, 4.69) is 15.2 Å². The predicted molar refractivity (Wildman–Crippen MR) is 79.1 cm³/mol. The SMILES string of the molecule is Cc1ccc(-c2nnc(S(N)(=O)=O)n2C(C)(C)C)c(C)n1. The van der Waals surface area contributed by atoms with E-state index in [0.29, 0.717) is 5.82 Å². The molecular formula is C13H19N5O2S. The lowest BCUT2D eigenvalue weighted by atomic mass is 10.1. The van der Waals surface area contributed by atoms with E-state index >= 15 is 0 Å². The quantitative estimate of drug-likeness (QED) is 0.902. The van der Waals surface area contributed by atoms with Gasteiger partial charge in [0, 0.05) is 22.5 Å². The van der Waals surface area contributed by atoms with E-state index in [4.69, 9.17) is 5.14 Å². The zero-order valence-corrected chi connectivity index (χ0v) is 13.6. The van der Waals surface area contributed by atoms with E-state index in [1.807, 2.05) is 46.8 Å². The van der Waals surface area contributed by atoms with Gasteiger partial charge >= 0.3 is 0 Å². The highest BCUT2D eigenvalue weighted by molar-refractivity contribution is 7.89. The van der Waals surface area contributed by atoms with Crippen molar-refractivity contribution in [1.29, 1.82) is 0 Å². The van der Waals surface area contributed by atoms with Crippen LogP contribution in [0.3, 0.4) is 0 Å². The minimum absolute atomic E-state index is 0.245. The van der Waals surface area contributed by atoms with Gasteiger partial charge in [-0.2, -0.15) is 0 Å². The number of aryl methyl sites for hydroxylation is 2.